The third-order valence-corrected chi connectivity index (χ3v) is 18.4. The molecule has 0 spiro atoms. The molecule has 2 aliphatic heterocycles. The summed E-state index contributed by atoms with van der Waals surface area (Å²) < 4.78 is 38.4. The Balaban J connectivity index is 2.28. The van der Waals surface area contributed by atoms with Gasteiger partial charge in [-0.05, 0) is 0 Å². The predicted molar refractivity (Wildman–Crippen MR) is 127 cm³/mol. The Kier molecular flexibility index (Phi) is 13.1. The second-order valence-corrected chi connectivity index (χ2v) is 20.9. The zero-order valence-electron chi connectivity index (χ0n) is 21.7. The van der Waals surface area contributed by atoms with Crippen LogP contribution in [0.3, 0.4) is 0 Å². The van der Waals surface area contributed by atoms with E-state index >= 15 is 0 Å². The van der Waals surface area contributed by atoms with Gasteiger partial charge in [0.05, 0.1) is 0 Å². The number of carbonyl (C=O) groups is 2. The number of hydrogen-bond donors (Lipinski definition) is 0. The second-order valence-electron chi connectivity index (χ2n) is 9.37. The fourth-order valence-electron chi connectivity index (χ4n) is 4.53. The molecule has 0 aromatic rings. The van der Waals surface area contributed by atoms with Crippen molar-refractivity contribution in [3.05, 3.63) is 0 Å². The molecule has 2 heterocycles. The molecular formula is C24H44O9Sn. The average Bonchev–Trinajstić information content (AvgIpc) is 2.79. The van der Waals surface area contributed by atoms with Gasteiger partial charge >= 0.3 is 209 Å². The molecule has 6 atom stereocenters. The molecule has 0 bridgehead atoms. The minimum absolute atomic E-state index is 0.242. The van der Waals surface area contributed by atoms with Gasteiger partial charge in [0.15, 0.2) is 0 Å². The molecule has 0 aromatic heterocycles. The van der Waals surface area contributed by atoms with Crippen LogP contribution in [0.4, 0.5) is 0 Å². The number of unbranched alkanes of at least 4 members (excludes halogenated alkanes) is 3. The first-order valence-corrected chi connectivity index (χ1v) is 20.1. The van der Waals surface area contributed by atoms with Gasteiger partial charge in [-0.1, -0.05) is 0 Å². The third-order valence-electron chi connectivity index (χ3n) is 6.32. The van der Waals surface area contributed by atoms with Crippen molar-refractivity contribution in [2.24, 2.45) is 0 Å². The first-order chi connectivity index (χ1) is 16.2. The van der Waals surface area contributed by atoms with E-state index in [2.05, 4.69) is 20.8 Å². The SMILES string of the molecule is CCC[CH2][Sn]([CH2]CCC)([CH2]CCC)[O]OC1O[C@@H]2COC(C)O[C@H]2[C@H](OC(C)=O)[C@H]1OC(C)=O. The van der Waals surface area contributed by atoms with Crippen LogP contribution in [-0.2, 0) is 41.4 Å². The van der Waals surface area contributed by atoms with E-state index in [1.54, 1.807) is 6.92 Å². The number of ether oxygens (including phenoxy) is 5. The van der Waals surface area contributed by atoms with Crippen molar-refractivity contribution in [2.45, 2.75) is 130 Å². The number of carbonyl (C=O) groups excluding carboxylic acids is 2. The van der Waals surface area contributed by atoms with Crippen LogP contribution in [-0.4, -0.2) is 74.3 Å². The van der Waals surface area contributed by atoms with Gasteiger partial charge in [-0.25, -0.2) is 0 Å². The average molecular weight is 595 g/mol. The quantitative estimate of drug-likeness (QED) is 0.123. The van der Waals surface area contributed by atoms with E-state index in [1.807, 2.05) is 0 Å². The number of rotatable bonds is 14. The van der Waals surface area contributed by atoms with Crippen LogP contribution in [0, 0.1) is 0 Å². The minimum atomic E-state index is -3.14. The molecule has 0 radical (unpaired) electrons. The molecule has 2 saturated heterocycles. The number of hydrogen-bond acceptors (Lipinski definition) is 9. The van der Waals surface area contributed by atoms with Crippen LogP contribution >= 0.6 is 0 Å². The normalized spacial score (nSPS) is 29.4. The van der Waals surface area contributed by atoms with Gasteiger partial charge in [-0.2, -0.15) is 0 Å². The maximum atomic E-state index is 12.0. The van der Waals surface area contributed by atoms with E-state index < -0.39 is 67.7 Å². The Morgan fingerprint density at radius 3 is 1.88 bits per heavy atom. The monoisotopic (exact) mass is 596 g/mol. The van der Waals surface area contributed by atoms with Gasteiger partial charge in [0.1, 0.15) is 0 Å². The summed E-state index contributed by atoms with van der Waals surface area (Å²) in [5, 5.41) is 0. The van der Waals surface area contributed by atoms with Crippen LogP contribution in [0.2, 0.25) is 13.3 Å². The Labute approximate surface area is 208 Å². The molecule has 0 aromatic carbocycles. The van der Waals surface area contributed by atoms with Crippen molar-refractivity contribution >= 4 is 30.7 Å². The van der Waals surface area contributed by atoms with E-state index in [0.29, 0.717) is 0 Å². The van der Waals surface area contributed by atoms with Crippen LogP contribution in [0.25, 0.3) is 0 Å². The van der Waals surface area contributed by atoms with Crippen molar-refractivity contribution in [3.63, 3.8) is 0 Å². The predicted octanol–water partition coefficient (Wildman–Crippen LogP) is 4.63. The molecule has 0 saturated carbocycles. The Morgan fingerprint density at radius 2 is 1.38 bits per heavy atom. The third kappa shape index (κ3) is 8.88. The summed E-state index contributed by atoms with van der Waals surface area (Å²) in [6, 6.07) is 0. The van der Waals surface area contributed by atoms with Gasteiger partial charge in [-0.15, -0.1) is 0 Å². The van der Waals surface area contributed by atoms with Crippen molar-refractivity contribution in [1.82, 2.24) is 0 Å². The molecule has 10 heteroatoms. The standard InChI is InChI=1S/C12H18O9.3C4H9.Sn/c1-5(13)17-10-9-8(4-16-7(3)19-9)20-12(21-15)11(10)18-6(2)14;3*1-3-4-2;/h7-12,15H,4H2,1-3H3;3*1,3-4H2,2H3;/q;;;;+1/p-1/t7?,8-,9-,10+,11-,12?;;;;/m1..../s1. The number of fused-ring (bicyclic) bond motifs is 1. The Morgan fingerprint density at radius 1 is 0.853 bits per heavy atom. The summed E-state index contributed by atoms with van der Waals surface area (Å²) >= 11 is -3.14. The summed E-state index contributed by atoms with van der Waals surface area (Å²) in [7, 11) is 0. The zero-order valence-corrected chi connectivity index (χ0v) is 24.6. The molecule has 0 amide bonds. The van der Waals surface area contributed by atoms with Gasteiger partial charge in [0.2, 0.25) is 0 Å². The molecule has 0 N–H and O–H groups in total. The maximum absolute atomic E-state index is 12.0. The first kappa shape index (κ1) is 29.8. The van der Waals surface area contributed by atoms with E-state index in [4.69, 9.17) is 31.8 Å². The number of esters is 2. The Hall–Kier alpha value is -0.461. The fraction of sp³-hybridized carbons (Fsp3) is 0.917. The summed E-state index contributed by atoms with van der Waals surface area (Å²) in [6.45, 7) is 11.2. The molecule has 2 aliphatic rings. The summed E-state index contributed by atoms with van der Waals surface area (Å²) in [5.41, 5.74) is 0. The van der Waals surface area contributed by atoms with Crippen LogP contribution in [0.5, 0.6) is 0 Å². The van der Waals surface area contributed by atoms with E-state index in [0.717, 1.165) is 51.8 Å². The molecule has 198 valence electrons. The van der Waals surface area contributed by atoms with Gasteiger partial charge in [0.25, 0.3) is 0 Å². The molecule has 2 fully saturated rings. The molecule has 34 heavy (non-hydrogen) atoms. The van der Waals surface area contributed by atoms with Crippen LogP contribution in [0.15, 0.2) is 0 Å². The molecule has 2 rings (SSSR count). The zero-order chi connectivity index (χ0) is 25.1. The van der Waals surface area contributed by atoms with Crippen molar-refractivity contribution in [1.29, 1.82) is 0 Å². The van der Waals surface area contributed by atoms with Crippen LogP contribution < -0.4 is 0 Å². The van der Waals surface area contributed by atoms with Crippen LogP contribution in [0.1, 0.15) is 80.1 Å². The van der Waals surface area contributed by atoms with Crippen molar-refractivity contribution < 1.29 is 41.4 Å². The molecule has 9 nitrogen and oxygen atoms in total. The van der Waals surface area contributed by atoms with Gasteiger partial charge in [-0.3, -0.25) is 0 Å². The fourth-order valence-corrected chi connectivity index (χ4v) is 16.8. The Bertz CT molecular complexity index is 610. The molecule has 2 unspecified atom stereocenters. The van der Waals surface area contributed by atoms with Crippen molar-refractivity contribution in [3.8, 4) is 0 Å². The summed E-state index contributed by atoms with van der Waals surface area (Å²) in [5.74, 6) is -1.04. The van der Waals surface area contributed by atoms with Gasteiger partial charge < -0.3 is 0 Å². The van der Waals surface area contributed by atoms with E-state index in [1.165, 1.54) is 13.8 Å². The van der Waals surface area contributed by atoms with Gasteiger partial charge in [0, 0.05) is 0 Å². The van der Waals surface area contributed by atoms with E-state index in [9.17, 15) is 9.59 Å². The van der Waals surface area contributed by atoms with Crippen molar-refractivity contribution in [2.75, 3.05) is 6.61 Å². The first-order valence-electron chi connectivity index (χ1n) is 12.9. The summed E-state index contributed by atoms with van der Waals surface area (Å²) in [4.78, 5) is 29.9. The second kappa shape index (κ2) is 14.9. The summed E-state index contributed by atoms with van der Waals surface area (Å²) in [6.07, 6.45) is 1.95. The topological polar surface area (TPSA) is 98.8 Å². The van der Waals surface area contributed by atoms with E-state index in [-0.39, 0.29) is 6.61 Å². The molecular weight excluding hydrogens is 551 g/mol. The molecule has 0 aliphatic carbocycles.